The molecule has 0 spiro atoms. The number of anilines is 1. The summed E-state index contributed by atoms with van der Waals surface area (Å²) >= 11 is 1.47. The average Bonchev–Trinajstić information content (AvgIpc) is 3.00. The number of benzene rings is 2. The molecule has 122 valence electrons. The van der Waals surface area contributed by atoms with Gasteiger partial charge in [-0.1, -0.05) is 41.2 Å². The number of rotatable bonds is 4. The van der Waals surface area contributed by atoms with Gasteiger partial charge in [0, 0.05) is 5.56 Å². The first kappa shape index (κ1) is 15.9. The van der Waals surface area contributed by atoms with Crippen molar-refractivity contribution in [1.29, 1.82) is 0 Å². The molecule has 1 heterocycles. The second-order valence-electron chi connectivity index (χ2n) is 5.21. The first-order chi connectivity index (χ1) is 11.6. The Kier molecular flexibility index (Phi) is 4.72. The minimum Gasteiger partial charge on any atom is -0.352 e. The number of hydrazine groups is 1. The number of fused-ring (bicyclic) bond motifs is 1. The van der Waals surface area contributed by atoms with Crippen molar-refractivity contribution in [2.75, 3.05) is 11.9 Å². The van der Waals surface area contributed by atoms with Crippen LogP contribution in [0.2, 0.25) is 0 Å². The summed E-state index contributed by atoms with van der Waals surface area (Å²) in [6.07, 6.45) is 0. The fraction of sp³-hybridized carbons (Fsp3) is 0.118. The maximum Gasteiger partial charge on any atom is 0.269 e. The van der Waals surface area contributed by atoms with Crippen LogP contribution < -0.4 is 16.2 Å². The van der Waals surface area contributed by atoms with Crippen molar-refractivity contribution in [3.05, 3.63) is 59.7 Å². The smallest absolute Gasteiger partial charge is 0.269 e. The molecule has 3 rings (SSSR count). The van der Waals surface area contributed by atoms with E-state index in [1.54, 1.807) is 18.2 Å². The van der Waals surface area contributed by atoms with Gasteiger partial charge in [0.25, 0.3) is 11.8 Å². The van der Waals surface area contributed by atoms with Crippen LogP contribution in [0.15, 0.2) is 48.5 Å². The molecule has 2 amide bonds. The molecular weight excluding hydrogens is 324 g/mol. The van der Waals surface area contributed by atoms with Crippen molar-refractivity contribution >= 4 is 38.5 Å². The van der Waals surface area contributed by atoms with Gasteiger partial charge in [-0.2, -0.15) is 0 Å². The summed E-state index contributed by atoms with van der Waals surface area (Å²) in [6.45, 7) is 1.92. The fourth-order valence-electron chi connectivity index (χ4n) is 2.13. The highest BCUT2D eigenvalue weighted by Gasteiger charge is 2.08. The van der Waals surface area contributed by atoms with Crippen LogP contribution in [0.4, 0.5) is 5.13 Å². The molecule has 3 aromatic rings. The molecule has 0 saturated carbocycles. The highest BCUT2D eigenvalue weighted by atomic mass is 32.1. The maximum atomic E-state index is 11.9. The molecule has 3 N–H and O–H groups in total. The summed E-state index contributed by atoms with van der Waals surface area (Å²) < 4.78 is 1.05. The molecule has 0 fully saturated rings. The Hall–Kier alpha value is -2.93. The number of amides is 2. The van der Waals surface area contributed by atoms with Gasteiger partial charge < -0.3 is 5.32 Å². The van der Waals surface area contributed by atoms with Gasteiger partial charge in [-0.15, -0.1) is 0 Å². The molecule has 0 aliphatic carbocycles. The van der Waals surface area contributed by atoms with Gasteiger partial charge in [0.05, 0.1) is 16.8 Å². The van der Waals surface area contributed by atoms with E-state index in [2.05, 4.69) is 21.2 Å². The number of aromatic nitrogens is 1. The van der Waals surface area contributed by atoms with E-state index >= 15 is 0 Å². The summed E-state index contributed by atoms with van der Waals surface area (Å²) in [4.78, 5) is 28.1. The molecule has 24 heavy (non-hydrogen) atoms. The lowest BCUT2D eigenvalue weighted by Crippen LogP contribution is -2.44. The van der Waals surface area contributed by atoms with Crippen LogP contribution in [0.1, 0.15) is 15.9 Å². The molecule has 0 saturated heterocycles. The normalized spacial score (nSPS) is 10.4. The largest absolute Gasteiger partial charge is 0.352 e. The van der Waals surface area contributed by atoms with Crippen molar-refractivity contribution in [2.24, 2.45) is 0 Å². The van der Waals surface area contributed by atoms with Crippen LogP contribution in [0.25, 0.3) is 10.2 Å². The van der Waals surface area contributed by atoms with Crippen LogP contribution in [0.3, 0.4) is 0 Å². The predicted octanol–water partition coefficient (Wildman–Crippen LogP) is 2.48. The molecule has 1 aromatic heterocycles. The van der Waals surface area contributed by atoms with E-state index in [-0.39, 0.29) is 18.4 Å². The van der Waals surface area contributed by atoms with Crippen molar-refractivity contribution in [2.45, 2.75) is 6.92 Å². The Morgan fingerprint density at radius 3 is 2.71 bits per heavy atom. The van der Waals surface area contributed by atoms with Crippen molar-refractivity contribution < 1.29 is 9.59 Å². The van der Waals surface area contributed by atoms with Crippen LogP contribution in [-0.4, -0.2) is 23.3 Å². The Morgan fingerprint density at radius 2 is 1.92 bits per heavy atom. The monoisotopic (exact) mass is 340 g/mol. The first-order valence-corrected chi connectivity index (χ1v) is 8.19. The van der Waals surface area contributed by atoms with Gasteiger partial charge in [0.2, 0.25) is 0 Å². The Labute approximate surface area is 142 Å². The zero-order valence-electron chi connectivity index (χ0n) is 13.0. The molecular formula is C17H16N4O2S. The number of carbonyl (C=O) groups is 2. The van der Waals surface area contributed by atoms with Crippen LogP contribution in [-0.2, 0) is 4.79 Å². The lowest BCUT2D eigenvalue weighted by Gasteiger charge is -2.08. The third-order valence-corrected chi connectivity index (χ3v) is 4.28. The molecule has 2 aromatic carbocycles. The summed E-state index contributed by atoms with van der Waals surface area (Å²) in [6, 6.07) is 14.9. The quantitative estimate of drug-likeness (QED) is 0.637. The number of para-hydroxylation sites is 1. The van der Waals surface area contributed by atoms with Crippen LogP contribution in [0.5, 0.6) is 0 Å². The number of thiazole rings is 1. The van der Waals surface area contributed by atoms with E-state index in [0.717, 1.165) is 15.8 Å². The number of hydrogen-bond acceptors (Lipinski definition) is 5. The van der Waals surface area contributed by atoms with Crippen molar-refractivity contribution in [3.8, 4) is 0 Å². The van der Waals surface area contributed by atoms with Crippen LogP contribution >= 0.6 is 11.3 Å². The van der Waals surface area contributed by atoms with E-state index < -0.39 is 0 Å². The van der Waals surface area contributed by atoms with Gasteiger partial charge in [-0.25, -0.2) is 4.98 Å². The maximum absolute atomic E-state index is 11.9. The molecule has 7 heteroatoms. The second kappa shape index (κ2) is 7.10. The number of carbonyl (C=O) groups excluding carboxylic acids is 2. The third kappa shape index (κ3) is 3.88. The summed E-state index contributed by atoms with van der Waals surface area (Å²) in [7, 11) is 0. The average molecular weight is 340 g/mol. The Morgan fingerprint density at radius 1 is 1.08 bits per heavy atom. The standard InChI is InChI=1S/C17H16N4O2S/c1-11-5-4-6-12(9-11)16(23)21-20-15(22)10-18-17-19-13-7-2-3-8-14(13)24-17/h2-9H,10H2,1H3,(H,18,19)(H,20,22)(H,21,23). The van der Waals surface area contributed by atoms with Crippen LogP contribution in [0, 0.1) is 6.92 Å². The molecule has 6 nitrogen and oxygen atoms in total. The lowest BCUT2D eigenvalue weighted by molar-refractivity contribution is -0.120. The van der Waals surface area contributed by atoms with Gasteiger partial charge in [0.1, 0.15) is 0 Å². The number of nitrogens with one attached hydrogen (secondary N) is 3. The van der Waals surface area contributed by atoms with E-state index in [0.29, 0.717) is 10.7 Å². The van der Waals surface area contributed by atoms with Gasteiger partial charge in [-0.05, 0) is 31.2 Å². The minimum atomic E-state index is -0.355. The molecule has 0 atom stereocenters. The predicted molar refractivity (Wildman–Crippen MR) is 94.9 cm³/mol. The minimum absolute atomic E-state index is 0.0217. The second-order valence-corrected chi connectivity index (χ2v) is 6.24. The zero-order chi connectivity index (χ0) is 16.9. The molecule has 0 aliphatic heterocycles. The summed E-state index contributed by atoms with van der Waals surface area (Å²) in [5, 5.41) is 3.61. The highest BCUT2D eigenvalue weighted by molar-refractivity contribution is 7.22. The van der Waals surface area contributed by atoms with E-state index in [4.69, 9.17) is 0 Å². The fourth-order valence-corrected chi connectivity index (χ4v) is 2.99. The third-order valence-electron chi connectivity index (χ3n) is 3.29. The van der Waals surface area contributed by atoms with Crippen molar-refractivity contribution in [1.82, 2.24) is 15.8 Å². The highest BCUT2D eigenvalue weighted by Crippen LogP contribution is 2.24. The van der Waals surface area contributed by atoms with Crippen molar-refractivity contribution in [3.63, 3.8) is 0 Å². The molecule has 0 unspecified atom stereocenters. The topological polar surface area (TPSA) is 83.1 Å². The molecule has 0 aliphatic rings. The molecule has 0 radical (unpaired) electrons. The first-order valence-electron chi connectivity index (χ1n) is 7.37. The number of hydrogen-bond donors (Lipinski definition) is 3. The summed E-state index contributed by atoms with van der Waals surface area (Å²) in [5.41, 5.74) is 7.13. The van der Waals surface area contributed by atoms with E-state index in [1.807, 2.05) is 37.3 Å². The number of nitrogens with zero attached hydrogens (tertiary/aromatic N) is 1. The Bertz CT molecular complexity index is 858. The summed E-state index contributed by atoms with van der Waals surface area (Å²) in [5.74, 6) is -0.706. The molecule has 0 bridgehead atoms. The van der Waals surface area contributed by atoms with E-state index in [1.165, 1.54) is 11.3 Å². The van der Waals surface area contributed by atoms with E-state index in [9.17, 15) is 9.59 Å². The SMILES string of the molecule is Cc1cccc(C(=O)NNC(=O)CNc2nc3ccccc3s2)c1. The lowest BCUT2D eigenvalue weighted by atomic mass is 10.1. The van der Waals surface area contributed by atoms with Gasteiger partial charge >= 0.3 is 0 Å². The Balaban J connectivity index is 1.49. The van der Waals surface area contributed by atoms with Gasteiger partial charge in [0.15, 0.2) is 5.13 Å². The number of aryl methyl sites for hydroxylation is 1. The van der Waals surface area contributed by atoms with Gasteiger partial charge in [-0.3, -0.25) is 20.4 Å². The zero-order valence-corrected chi connectivity index (χ0v) is 13.8.